The molecule has 0 spiro atoms. The van der Waals surface area contributed by atoms with Crippen LogP contribution in [-0.2, 0) is 7.05 Å². The van der Waals surface area contributed by atoms with E-state index >= 15 is 0 Å². The van der Waals surface area contributed by atoms with Crippen molar-refractivity contribution in [2.75, 3.05) is 11.1 Å². The molecule has 2 aromatic heterocycles. The Morgan fingerprint density at radius 3 is 2.93 bits per heavy atom. The maximum atomic E-state index is 5.76. The van der Waals surface area contributed by atoms with E-state index in [2.05, 4.69) is 15.4 Å². The molecule has 0 aliphatic rings. The van der Waals surface area contributed by atoms with E-state index in [1.54, 1.807) is 23.0 Å². The highest BCUT2D eigenvalue weighted by Gasteiger charge is 2.03. The van der Waals surface area contributed by atoms with E-state index in [1.807, 2.05) is 13.2 Å². The minimum atomic E-state index is 0.399. The molecule has 0 atom stereocenters. The van der Waals surface area contributed by atoms with E-state index < -0.39 is 0 Å². The summed E-state index contributed by atoms with van der Waals surface area (Å²) in [5.41, 5.74) is 7.10. The number of nitrogens with zero attached hydrogens (tertiary/aromatic N) is 3. The number of hydrogen-bond donors (Lipinski definition) is 2. The minimum Gasteiger partial charge on any atom is -0.396 e. The van der Waals surface area contributed by atoms with Crippen molar-refractivity contribution < 1.29 is 0 Å². The molecular formula is C9H10ClN5. The zero-order chi connectivity index (χ0) is 10.8. The van der Waals surface area contributed by atoms with Gasteiger partial charge in [-0.2, -0.15) is 5.10 Å². The van der Waals surface area contributed by atoms with Gasteiger partial charge in [-0.25, -0.2) is 4.98 Å². The van der Waals surface area contributed by atoms with E-state index in [0.717, 1.165) is 5.69 Å². The van der Waals surface area contributed by atoms with Gasteiger partial charge in [0.05, 0.1) is 17.6 Å². The van der Waals surface area contributed by atoms with E-state index in [9.17, 15) is 0 Å². The Labute approximate surface area is 91.9 Å². The summed E-state index contributed by atoms with van der Waals surface area (Å²) < 4.78 is 1.68. The SMILES string of the molecule is Cn1cc(Nc2nc(Cl)ccc2N)cn1. The summed E-state index contributed by atoms with van der Waals surface area (Å²) in [6.45, 7) is 0. The number of pyridine rings is 1. The van der Waals surface area contributed by atoms with Gasteiger partial charge in [0.1, 0.15) is 5.15 Å². The third kappa shape index (κ3) is 2.19. The summed E-state index contributed by atoms with van der Waals surface area (Å²) >= 11 is 5.76. The number of halogens is 1. The van der Waals surface area contributed by atoms with Crippen LogP contribution in [0.1, 0.15) is 0 Å². The van der Waals surface area contributed by atoms with E-state index in [1.165, 1.54) is 0 Å². The van der Waals surface area contributed by atoms with E-state index in [4.69, 9.17) is 17.3 Å². The van der Waals surface area contributed by atoms with Crippen molar-refractivity contribution in [1.82, 2.24) is 14.8 Å². The average Bonchev–Trinajstić information content (AvgIpc) is 2.58. The first-order valence-corrected chi connectivity index (χ1v) is 4.70. The van der Waals surface area contributed by atoms with Crippen LogP contribution >= 0.6 is 11.6 Å². The first-order valence-electron chi connectivity index (χ1n) is 4.33. The highest BCUT2D eigenvalue weighted by Crippen LogP contribution is 2.22. The van der Waals surface area contributed by atoms with Gasteiger partial charge in [0.15, 0.2) is 5.82 Å². The molecule has 0 saturated carbocycles. The van der Waals surface area contributed by atoms with E-state index in [0.29, 0.717) is 16.7 Å². The number of rotatable bonds is 2. The van der Waals surface area contributed by atoms with Crippen LogP contribution in [0.5, 0.6) is 0 Å². The topological polar surface area (TPSA) is 68.8 Å². The summed E-state index contributed by atoms with van der Waals surface area (Å²) in [5, 5.41) is 7.45. The quantitative estimate of drug-likeness (QED) is 0.762. The molecule has 5 nitrogen and oxygen atoms in total. The van der Waals surface area contributed by atoms with Crippen LogP contribution in [0.2, 0.25) is 5.15 Å². The second-order valence-electron chi connectivity index (χ2n) is 3.10. The largest absolute Gasteiger partial charge is 0.396 e. The predicted octanol–water partition coefficient (Wildman–Crippen LogP) is 1.79. The molecule has 0 aliphatic carbocycles. The maximum Gasteiger partial charge on any atom is 0.155 e. The van der Waals surface area contributed by atoms with Gasteiger partial charge in [0.25, 0.3) is 0 Å². The molecule has 3 N–H and O–H groups in total. The van der Waals surface area contributed by atoms with Crippen LogP contribution in [0.25, 0.3) is 0 Å². The fraction of sp³-hybridized carbons (Fsp3) is 0.111. The average molecular weight is 224 g/mol. The number of nitrogens with one attached hydrogen (secondary N) is 1. The molecule has 15 heavy (non-hydrogen) atoms. The van der Waals surface area contributed by atoms with Gasteiger partial charge in [-0.3, -0.25) is 4.68 Å². The van der Waals surface area contributed by atoms with Gasteiger partial charge >= 0.3 is 0 Å². The first-order chi connectivity index (χ1) is 7.15. The van der Waals surface area contributed by atoms with Crippen LogP contribution in [0.15, 0.2) is 24.5 Å². The number of hydrogen-bond acceptors (Lipinski definition) is 4. The first kappa shape index (κ1) is 9.79. The summed E-state index contributed by atoms with van der Waals surface area (Å²) in [5.74, 6) is 0.538. The highest BCUT2D eigenvalue weighted by atomic mass is 35.5. The zero-order valence-corrected chi connectivity index (χ0v) is 8.86. The molecule has 0 aliphatic heterocycles. The second kappa shape index (κ2) is 3.78. The molecule has 0 amide bonds. The molecule has 0 bridgehead atoms. The fourth-order valence-corrected chi connectivity index (χ4v) is 1.32. The Morgan fingerprint density at radius 1 is 1.47 bits per heavy atom. The molecule has 0 saturated heterocycles. The molecule has 6 heteroatoms. The van der Waals surface area contributed by atoms with E-state index in [-0.39, 0.29) is 0 Å². The van der Waals surface area contributed by atoms with Gasteiger partial charge < -0.3 is 11.1 Å². The third-order valence-corrected chi connectivity index (χ3v) is 2.07. The number of anilines is 3. The van der Waals surface area contributed by atoms with Crippen LogP contribution in [0.3, 0.4) is 0 Å². The smallest absolute Gasteiger partial charge is 0.155 e. The fourth-order valence-electron chi connectivity index (χ4n) is 1.17. The van der Waals surface area contributed by atoms with Crippen molar-refractivity contribution in [2.45, 2.75) is 0 Å². The summed E-state index contributed by atoms with van der Waals surface area (Å²) in [4.78, 5) is 4.07. The van der Waals surface area contributed by atoms with Gasteiger partial charge in [0.2, 0.25) is 0 Å². The molecule has 0 fully saturated rings. The summed E-state index contributed by atoms with van der Waals surface area (Å²) in [7, 11) is 1.83. The maximum absolute atomic E-state index is 5.76. The molecule has 0 unspecified atom stereocenters. The van der Waals surface area contributed by atoms with Crippen LogP contribution in [0, 0.1) is 0 Å². The Kier molecular flexibility index (Phi) is 2.47. The molecular weight excluding hydrogens is 214 g/mol. The lowest BCUT2D eigenvalue weighted by Crippen LogP contribution is -1.98. The van der Waals surface area contributed by atoms with Crippen molar-refractivity contribution in [3.8, 4) is 0 Å². The van der Waals surface area contributed by atoms with Crippen molar-refractivity contribution >= 4 is 28.8 Å². The normalized spacial score (nSPS) is 10.3. The monoisotopic (exact) mass is 223 g/mol. The number of aryl methyl sites for hydroxylation is 1. The van der Waals surface area contributed by atoms with Crippen LogP contribution in [0.4, 0.5) is 17.2 Å². The Hall–Kier alpha value is -1.75. The molecule has 78 valence electrons. The minimum absolute atomic E-state index is 0.399. The Morgan fingerprint density at radius 2 is 2.27 bits per heavy atom. The Balaban J connectivity index is 2.27. The zero-order valence-electron chi connectivity index (χ0n) is 8.11. The standard InChI is InChI=1S/C9H10ClN5/c1-15-5-6(4-12-15)13-9-7(11)2-3-8(10)14-9/h2-5H,11H2,1H3,(H,13,14). The van der Waals surface area contributed by atoms with Crippen molar-refractivity contribution in [3.63, 3.8) is 0 Å². The van der Waals surface area contributed by atoms with Crippen LogP contribution < -0.4 is 11.1 Å². The number of nitrogens with two attached hydrogens (primary N) is 1. The number of aromatic nitrogens is 3. The van der Waals surface area contributed by atoms with Gasteiger partial charge in [-0.1, -0.05) is 11.6 Å². The summed E-state index contributed by atoms with van der Waals surface area (Å²) in [6, 6.07) is 3.35. The predicted molar refractivity (Wildman–Crippen MR) is 60.2 cm³/mol. The van der Waals surface area contributed by atoms with Crippen LogP contribution in [-0.4, -0.2) is 14.8 Å². The van der Waals surface area contributed by atoms with Crippen molar-refractivity contribution in [3.05, 3.63) is 29.7 Å². The molecule has 0 radical (unpaired) electrons. The Bertz CT molecular complexity index is 479. The third-order valence-electron chi connectivity index (χ3n) is 1.86. The van der Waals surface area contributed by atoms with Gasteiger partial charge in [0, 0.05) is 13.2 Å². The lowest BCUT2D eigenvalue weighted by atomic mass is 10.4. The van der Waals surface area contributed by atoms with Crippen molar-refractivity contribution in [2.24, 2.45) is 7.05 Å². The lowest BCUT2D eigenvalue weighted by molar-refractivity contribution is 0.768. The van der Waals surface area contributed by atoms with Gasteiger partial charge in [-0.05, 0) is 12.1 Å². The molecule has 2 aromatic rings. The molecule has 2 rings (SSSR count). The lowest BCUT2D eigenvalue weighted by Gasteiger charge is -2.05. The molecule has 2 heterocycles. The van der Waals surface area contributed by atoms with Gasteiger partial charge in [-0.15, -0.1) is 0 Å². The number of nitrogen functional groups attached to an aromatic ring is 1. The van der Waals surface area contributed by atoms with Crippen molar-refractivity contribution in [1.29, 1.82) is 0 Å². The molecule has 0 aromatic carbocycles. The summed E-state index contributed by atoms with van der Waals surface area (Å²) in [6.07, 6.45) is 3.50. The second-order valence-corrected chi connectivity index (χ2v) is 3.49. The highest BCUT2D eigenvalue weighted by molar-refractivity contribution is 6.29.